The van der Waals surface area contributed by atoms with Gasteiger partial charge in [-0.25, -0.2) is 0 Å². The summed E-state index contributed by atoms with van der Waals surface area (Å²) in [4.78, 5) is 25.2. The number of halogens is 1. The van der Waals surface area contributed by atoms with Crippen LogP contribution in [0.5, 0.6) is 0 Å². The van der Waals surface area contributed by atoms with Crippen LogP contribution in [-0.2, 0) is 4.79 Å². The fraction of sp³-hybridized carbons (Fsp3) is 0.467. The lowest BCUT2D eigenvalue weighted by molar-refractivity contribution is -0.138. The number of aliphatic carboxylic acids is 1. The van der Waals surface area contributed by atoms with Crippen molar-refractivity contribution in [1.29, 1.82) is 0 Å². The third kappa shape index (κ3) is 3.31. The molecule has 1 N–H and O–H groups in total. The molecule has 1 aromatic rings. The number of amides is 1. The Balaban J connectivity index is 2.29. The molecular formula is C15H18ClNO3. The normalized spacial score (nSPS) is 15.3. The number of carbonyl (C=O) groups excluding carboxylic acids is 1. The SMILES string of the molecule is Cc1ccc(Cl)cc1C(=O)N(CC(=O)O)C1CCCC1. The Labute approximate surface area is 123 Å². The van der Waals surface area contributed by atoms with Gasteiger partial charge in [0, 0.05) is 16.6 Å². The first-order valence-corrected chi connectivity index (χ1v) is 7.15. The molecule has 1 amide bonds. The summed E-state index contributed by atoms with van der Waals surface area (Å²) in [6.07, 6.45) is 3.84. The third-order valence-electron chi connectivity index (χ3n) is 3.76. The molecule has 0 aliphatic heterocycles. The van der Waals surface area contributed by atoms with Crippen LogP contribution in [0.2, 0.25) is 5.02 Å². The Kier molecular flexibility index (Phi) is 4.65. The van der Waals surface area contributed by atoms with Crippen molar-refractivity contribution in [3.63, 3.8) is 0 Å². The summed E-state index contributed by atoms with van der Waals surface area (Å²) >= 11 is 5.94. The lowest BCUT2D eigenvalue weighted by Gasteiger charge is -2.28. The average molecular weight is 296 g/mol. The average Bonchev–Trinajstić information content (AvgIpc) is 2.91. The van der Waals surface area contributed by atoms with Gasteiger partial charge in [-0.05, 0) is 37.5 Å². The number of benzene rings is 1. The lowest BCUT2D eigenvalue weighted by atomic mass is 10.1. The number of nitrogens with zero attached hydrogens (tertiary/aromatic N) is 1. The van der Waals surface area contributed by atoms with Gasteiger partial charge in [0.2, 0.25) is 0 Å². The maximum atomic E-state index is 12.6. The first kappa shape index (κ1) is 14.9. The van der Waals surface area contributed by atoms with Gasteiger partial charge in [0.25, 0.3) is 5.91 Å². The first-order chi connectivity index (χ1) is 9.49. The smallest absolute Gasteiger partial charge is 0.323 e. The molecule has 1 aliphatic rings. The molecule has 0 bridgehead atoms. The zero-order valence-corrected chi connectivity index (χ0v) is 12.2. The summed E-state index contributed by atoms with van der Waals surface area (Å²) in [5, 5.41) is 9.53. The van der Waals surface area contributed by atoms with E-state index in [2.05, 4.69) is 0 Å². The second-order valence-electron chi connectivity index (χ2n) is 5.22. The van der Waals surface area contributed by atoms with Crippen molar-refractivity contribution in [1.82, 2.24) is 4.90 Å². The van der Waals surface area contributed by atoms with E-state index in [1.54, 1.807) is 18.2 Å². The van der Waals surface area contributed by atoms with Gasteiger partial charge >= 0.3 is 5.97 Å². The fourth-order valence-electron chi connectivity index (χ4n) is 2.71. The first-order valence-electron chi connectivity index (χ1n) is 6.78. The van der Waals surface area contributed by atoms with Crippen LogP contribution in [0, 0.1) is 6.92 Å². The van der Waals surface area contributed by atoms with Crippen molar-refractivity contribution >= 4 is 23.5 Å². The quantitative estimate of drug-likeness (QED) is 0.928. The molecule has 1 saturated carbocycles. The highest BCUT2D eigenvalue weighted by Crippen LogP contribution is 2.26. The van der Waals surface area contributed by atoms with Crippen LogP contribution >= 0.6 is 11.6 Å². The van der Waals surface area contributed by atoms with Crippen molar-refractivity contribution in [2.45, 2.75) is 38.6 Å². The van der Waals surface area contributed by atoms with Crippen molar-refractivity contribution in [3.8, 4) is 0 Å². The summed E-state index contributed by atoms with van der Waals surface area (Å²) < 4.78 is 0. The van der Waals surface area contributed by atoms with Gasteiger partial charge < -0.3 is 10.0 Å². The van der Waals surface area contributed by atoms with Gasteiger partial charge in [0.1, 0.15) is 6.54 Å². The molecule has 108 valence electrons. The van der Waals surface area contributed by atoms with Crippen molar-refractivity contribution in [2.24, 2.45) is 0 Å². The minimum absolute atomic E-state index is 0.0250. The molecule has 0 heterocycles. The molecule has 0 radical (unpaired) electrons. The monoisotopic (exact) mass is 295 g/mol. The van der Waals surface area contributed by atoms with Crippen LogP contribution < -0.4 is 0 Å². The van der Waals surface area contributed by atoms with E-state index >= 15 is 0 Å². The molecule has 2 rings (SSSR count). The van der Waals surface area contributed by atoms with E-state index in [0.717, 1.165) is 31.2 Å². The van der Waals surface area contributed by atoms with Crippen LogP contribution in [0.1, 0.15) is 41.6 Å². The van der Waals surface area contributed by atoms with Crippen molar-refractivity contribution in [3.05, 3.63) is 34.3 Å². The predicted octanol–water partition coefficient (Wildman–Crippen LogP) is 3.12. The van der Waals surface area contributed by atoms with Crippen molar-refractivity contribution in [2.75, 3.05) is 6.54 Å². The maximum Gasteiger partial charge on any atom is 0.323 e. The molecule has 1 aliphatic carbocycles. The number of carboxylic acid groups (broad SMARTS) is 1. The van der Waals surface area contributed by atoms with Gasteiger partial charge in [-0.15, -0.1) is 0 Å². The molecule has 4 nitrogen and oxygen atoms in total. The second kappa shape index (κ2) is 6.27. The van der Waals surface area contributed by atoms with E-state index in [4.69, 9.17) is 16.7 Å². The Bertz CT molecular complexity index is 524. The Morgan fingerprint density at radius 3 is 2.60 bits per heavy atom. The number of carbonyl (C=O) groups is 2. The molecule has 0 atom stereocenters. The molecule has 0 aromatic heterocycles. The number of rotatable bonds is 4. The predicted molar refractivity (Wildman–Crippen MR) is 77.1 cm³/mol. The lowest BCUT2D eigenvalue weighted by Crippen LogP contribution is -2.42. The summed E-state index contributed by atoms with van der Waals surface area (Å²) in [6, 6.07) is 5.15. The maximum absolute atomic E-state index is 12.6. The topological polar surface area (TPSA) is 57.6 Å². The molecule has 1 aromatic carbocycles. The summed E-state index contributed by atoms with van der Waals surface area (Å²) in [5.74, 6) is -1.22. The minimum Gasteiger partial charge on any atom is -0.480 e. The molecule has 0 saturated heterocycles. The highest BCUT2D eigenvalue weighted by Gasteiger charge is 2.29. The summed E-state index contributed by atoms with van der Waals surface area (Å²) in [6.45, 7) is 1.58. The van der Waals surface area contributed by atoms with Crippen molar-refractivity contribution < 1.29 is 14.7 Å². The molecule has 0 spiro atoms. The van der Waals surface area contributed by atoms with Crippen LogP contribution in [0.3, 0.4) is 0 Å². The Morgan fingerprint density at radius 2 is 2.00 bits per heavy atom. The molecular weight excluding hydrogens is 278 g/mol. The molecule has 5 heteroatoms. The van der Waals surface area contributed by atoms with Gasteiger partial charge in [0.15, 0.2) is 0 Å². The number of hydrogen-bond donors (Lipinski definition) is 1. The highest BCUT2D eigenvalue weighted by atomic mass is 35.5. The minimum atomic E-state index is -0.982. The van der Waals surface area contributed by atoms with Gasteiger partial charge in [-0.2, -0.15) is 0 Å². The van der Waals surface area contributed by atoms with E-state index in [0.29, 0.717) is 10.6 Å². The Morgan fingerprint density at radius 1 is 1.35 bits per heavy atom. The van der Waals surface area contributed by atoms with Crippen LogP contribution in [0.25, 0.3) is 0 Å². The Hall–Kier alpha value is -1.55. The summed E-state index contributed by atoms with van der Waals surface area (Å²) in [5.41, 5.74) is 1.30. The molecule has 20 heavy (non-hydrogen) atoms. The van der Waals surface area contributed by atoms with Gasteiger partial charge in [0.05, 0.1) is 0 Å². The van der Waals surface area contributed by atoms with E-state index in [1.165, 1.54) is 4.90 Å². The fourth-order valence-corrected chi connectivity index (χ4v) is 2.88. The van der Waals surface area contributed by atoms with Crippen LogP contribution in [-0.4, -0.2) is 34.5 Å². The molecule has 1 fully saturated rings. The summed E-state index contributed by atoms with van der Waals surface area (Å²) in [7, 11) is 0. The number of hydrogen-bond acceptors (Lipinski definition) is 2. The number of aryl methyl sites for hydroxylation is 1. The molecule has 0 unspecified atom stereocenters. The van der Waals surface area contributed by atoms with Crippen LogP contribution in [0.4, 0.5) is 0 Å². The largest absolute Gasteiger partial charge is 0.480 e. The van der Waals surface area contributed by atoms with E-state index < -0.39 is 5.97 Å². The highest BCUT2D eigenvalue weighted by molar-refractivity contribution is 6.31. The van der Waals surface area contributed by atoms with E-state index in [-0.39, 0.29) is 18.5 Å². The zero-order valence-electron chi connectivity index (χ0n) is 11.4. The van der Waals surface area contributed by atoms with Crippen LogP contribution in [0.15, 0.2) is 18.2 Å². The van der Waals surface area contributed by atoms with E-state index in [9.17, 15) is 9.59 Å². The zero-order chi connectivity index (χ0) is 14.7. The van der Waals surface area contributed by atoms with E-state index in [1.807, 2.05) is 6.92 Å². The van der Waals surface area contributed by atoms with Gasteiger partial charge in [-0.3, -0.25) is 9.59 Å². The standard InChI is InChI=1S/C15H18ClNO3/c1-10-6-7-11(16)8-13(10)15(20)17(9-14(18)19)12-4-2-3-5-12/h6-8,12H,2-5,9H2,1H3,(H,18,19). The number of carboxylic acids is 1. The van der Waals surface area contributed by atoms with Gasteiger partial charge in [-0.1, -0.05) is 30.5 Å². The second-order valence-corrected chi connectivity index (χ2v) is 5.66. The third-order valence-corrected chi connectivity index (χ3v) is 4.00.